The molecule has 0 saturated carbocycles. The van der Waals surface area contributed by atoms with Gasteiger partial charge in [-0.2, -0.15) is 0 Å². The van der Waals surface area contributed by atoms with Crippen molar-refractivity contribution < 1.29 is 13.5 Å². The van der Waals surface area contributed by atoms with Crippen LogP contribution in [0.2, 0.25) is 0 Å². The lowest BCUT2D eigenvalue weighted by atomic mass is 10.1. The Bertz CT molecular complexity index is 1230. The quantitative estimate of drug-likeness (QED) is 0.596. The molecule has 4 aromatic rings. The van der Waals surface area contributed by atoms with E-state index in [1.54, 1.807) is 16.8 Å². The van der Waals surface area contributed by atoms with Crippen LogP contribution in [0.1, 0.15) is 5.56 Å². The molecule has 7 heteroatoms. The molecule has 0 fully saturated rings. The highest BCUT2D eigenvalue weighted by Crippen LogP contribution is 2.34. The molecule has 1 N–H and O–H groups in total. The number of nitrogens with zero attached hydrogens (tertiary/aromatic N) is 2. The van der Waals surface area contributed by atoms with E-state index in [9.17, 15) is 13.6 Å². The summed E-state index contributed by atoms with van der Waals surface area (Å²) in [7, 11) is 1.38. The van der Waals surface area contributed by atoms with Crippen molar-refractivity contribution in [3.05, 3.63) is 76.3 Å². The number of aromatic nitrogens is 3. The zero-order valence-electron chi connectivity index (χ0n) is 14.6. The zero-order valence-corrected chi connectivity index (χ0v) is 14.6. The van der Waals surface area contributed by atoms with Gasteiger partial charge in [0, 0.05) is 29.5 Å². The number of nitrogens with one attached hydrogen (secondary N) is 1. The van der Waals surface area contributed by atoms with E-state index >= 15 is 0 Å². The summed E-state index contributed by atoms with van der Waals surface area (Å²) in [6.07, 6.45) is 3.12. The van der Waals surface area contributed by atoms with Gasteiger partial charge in [0.15, 0.2) is 17.5 Å². The lowest BCUT2D eigenvalue weighted by Gasteiger charge is -2.13. The third-order valence-electron chi connectivity index (χ3n) is 4.45. The molecular formula is C20H15F2N3O2. The number of hydrogen-bond donors (Lipinski definition) is 1. The molecule has 0 spiro atoms. The van der Waals surface area contributed by atoms with Gasteiger partial charge < -0.3 is 9.72 Å². The average Bonchev–Trinajstić information content (AvgIpc) is 3.12. The van der Waals surface area contributed by atoms with Gasteiger partial charge in [0.2, 0.25) is 5.56 Å². The van der Waals surface area contributed by atoms with E-state index in [-0.39, 0.29) is 22.7 Å². The van der Waals surface area contributed by atoms with Crippen LogP contribution >= 0.6 is 0 Å². The molecule has 0 saturated heterocycles. The van der Waals surface area contributed by atoms with Gasteiger partial charge in [-0.25, -0.2) is 13.8 Å². The minimum Gasteiger partial charge on any atom is -0.496 e. The molecule has 0 radical (unpaired) electrons. The standard InChI is InChI=1S/C20H15F2N3O2/c1-11-9-17(26)24-15-10-12(3-4-13(11)15)25-8-7-23-20(25)18-16(27-2)6-5-14(21)19(18)22/h3-10H,1-2H3,(H,24,26). The Labute approximate surface area is 152 Å². The summed E-state index contributed by atoms with van der Waals surface area (Å²) >= 11 is 0. The normalized spacial score (nSPS) is 11.1. The van der Waals surface area contributed by atoms with Gasteiger partial charge in [-0.05, 0) is 36.8 Å². The fraction of sp³-hybridized carbons (Fsp3) is 0.100. The molecule has 27 heavy (non-hydrogen) atoms. The van der Waals surface area contributed by atoms with E-state index in [0.717, 1.165) is 17.0 Å². The second kappa shape index (κ2) is 6.35. The van der Waals surface area contributed by atoms with Gasteiger partial charge >= 0.3 is 0 Å². The molecule has 2 heterocycles. The van der Waals surface area contributed by atoms with Crippen molar-refractivity contribution in [3.63, 3.8) is 0 Å². The first-order chi connectivity index (χ1) is 13.0. The van der Waals surface area contributed by atoms with Crippen molar-refractivity contribution in [1.29, 1.82) is 0 Å². The number of benzene rings is 2. The number of halogens is 2. The number of hydrogen-bond acceptors (Lipinski definition) is 3. The molecule has 0 amide bonds. The van der Waals surface area contributed by atoms with Crippen LogP contribution in [0.5, 0.6) is 5.75 Å². The summed E-state index contributed by atoms with van der Waals surface area (Å²) in [5.41, 5.74) is 1.86. The molecule has 0 aliphatic carbocycles. The summed E-state index contributed by atoms with van der Waals surface area (Å²) < 4.78 is 35.1. The van der Waals surface area contributed by atoms with Gasteiger partial charge in [-0.1, -0.05) is 6.07 Å². The summed E-state index contributed by atoms with van der Waals surface area (Å²) in [5, 5.41) is 0.898. The Morgan fingerprint density at radius 2 is 1.96 bits per heavy atom. The van der Waals surface area contributed by atoms with Crippen LogP contribution < -0.4 is 10.3 Å². The minimum atomic E-state index is -1.04. The summed E-state index contributed by atoms with van der Waals surface area (Å²) in [6, 6.07) is 9.33. The Morgan fingerprint density at radius 1 is 1.15 bits per heavy atom. The number of aryl methyl sites for hydroxylation is 1. The largest absolute Gasteiger partial charge is 0.496 e. The number of pyridine rings is 1. The van der Waals surface area contributed by atoms with Crippen LogP contribution in [0.3, 0.4) is 0 Å². The number of methoxy groups -OCH3 is 1. The van der Waals surface area contributed by atoms with E-state index in [1.165, 1.54) is 25.4 Å². The van der Waals surface area contributed by atoms with Crippen molar-refractivity contribution in [2.75, 3.05) is 7.11 Å². The Morgan fingerprint density at radius 3 is 2.74 bits per heavy atom. The van der Waals surface area contributed by atoms with Crippen LogP contribution in [0.4, 0.5) is 8.78 Å². The third kappa shape index (κ3) is 2.77. The maximum Gasteiger partial charge on any atom is 0.248 e. The average molecular weight is 367 g/mol. The lowest BCUT2D eigenvalue weighted by molar-refractivity contribution is 0.408. The summed E-state index contributed by atoms with van der Waals surface area (Å²) in [4.78, 5) is 18.8. The molecule has 0 bridgehead atoms. The molecular weight excluding hydrogens is 352 g/mol. The van der Waals surface area contributed by atoms with Gasteiger partial charge in [0.05, 0.1) is 18.2 Å². The topological polar surface area (TPSA) is 59.9 Å². The molecule has 2 aromatic heterocycles. The predicted molar refractivity (Wildman–Crippen MR) is 98.3 cm³/mol. The van der Waals surface area contributed by atoms with E-state index in [0.29, 0.717) is 11.2 Å². The van der Waals surface area contributed by atoms with Crippen LogP contribution in [0.15, 0.2) is 53.6 Å². The monoisotopic (exact) mass is 367 g/mol. The van der Waals surface area contributed by atoms with Gasteiger partial charge in [-0.15, -0.1) is 0 Å². The molecule has 0 aliphatic heterocycles. The first-order valence-corrected chi connectivity index (χ1v) is 8.19. The van der Waals surface area contributed by atoms with E-state index in [1.807, 2.05) is 19.1 Å². The zero-order chi connectivity index (χ0) is 19.1. The van der Waals surface area contributed by atoms with Crippen LogP contribution in [-0.4, -0.2) is 21.6 Å². The first kappa shape index (κ1) is 17.0. The van der Waals surface area contributed by atoms with Crippen molar-refractivity contribution in [1.82, 2.24) is 14.5 Å². The fourth-order valence-corrected chi connectivity index (χ4v) is 3.18. The summed E-state index contributed by atoms with van der Waals surface area (Å²) in [6.45, 7) is 1.85. The second-order valence-corrected chi connectivity index (χ2v) is 6.11. The van der Waals surface area contributed by atoms with Gasteiger partial charge in [0.25, 0.3) is 0 Å². The fourth-order valence-electron chi connectivity index (χ4n) is 3.18. The first-order valence-electron chi connectivity index (χ1n) is 8.19. The second-order valence-electron chi connectivity index (χ2n) is 6.11. The van der Waals surface area contributed by atoms with Gasteiger partial charge in [0.1, 0.15) is 5.75 Å². The number of H-pyrrole nitrogens is 1. The van der Waals surface area contributed by atoms with Crippen molar-refractivity contribution in [2.24, 2.45) is 0 Å². The molecule has 2 aromatic carbocycles. The van der Waals surface area contributed by atoms with E-state index < -0.39 is 11.6 Å². The van der Waals surface area contributed by atoms with Crippen LogP contribution in [0, 0.1) is 18.6 Å². The molecule has 0 atom stereocenters. The Kier molecular flexibility index (Phi) is 3.99. The smallest absolute Gasteiger partial charge is 0.248 e. The Balaban J connectivity index is 1.95. The van der Waals surface area contributed by atoms with Gasteiger partial charge in [-0.3, -0.25) is 9.36 Å². The van der Waals surface area contributed by atoms with E-state index in [4.69, 9.17) is 4.74 Å². The molecule has 5 nitrogen and oxygen atoms in total. The van der Waals surface area contributed by atoms with E-state index in [2.05, 4.69) is 9.97 Å². The SMILES string of the molecule is COc1ccc(F)c(F)c1-c1nccn1-c1ccc2c(C)cc(=O)[nH]c2c1. The maximum atomic E-state index is 14.5. The lowest BCUT2D eigenvalue weighted by Crippen LogP contribution is -2.06. The predicted octanol–water partition coefficient (Wildman–Crippen LogP) is 3.98. The number of rotatable bonds is 3. The van der Waals surface area contributed by atoms with Crippen molar-refractivity contribution in [2.45, 2.75) is 6.92 Å². The Hall–Kier alpha value is -3.48. The van der Waals surface area contributed by atoms with Crippen molar-refractivity contribution in [3.8, 4) is 22.8 Å². The van der Waals surface area contributed by atoms with Crippen molar-refractivity contribution >= 4 is 10.9 Å². The maximum absolute atomic E-state index is 14.5. The minimum absolute atomic E-state index is 0.0691. The molecule has 136 valence electrons. The highest BCUT2D eigenvalue weighted by molar-refractivity contribution is 5.84. The number of aromatic amines is 1. The number of fused-ring (bicyclic) bond motifs is 1. The van der Waals surface area contributed by atoms with Crippen LogP contribution in [-0.2, 0) is 0 Å². The molecule has 0 aliphatic rings. The molecule has 0 unspecified atom stereocenters. The van der Waals surface area contributed by atoms with Crippen LogP contribution in [0.25, 0.3) is 28.0 Å². The number of imidazole rings is 1. The number of ether oxygens (including phenoxy) is 1. The highest BCUT2D eigenvalue weighted by Gasteiger charge is 2.21. The molecule has 4 rings (SSSR count). The highest BCUT2D eigenvalue weighted by atomic mass is 19.2. The summed E-state index contributed by atoms with van der Waals surface area (Å²) in [5.74, 6) is -1.66. The third-order valence-corrected chi connectivity index (χ3v) is 4.45.